The number of phenolic OH excluding ortho intramolecular Hbond substituents is 1. The molecule has 0 saturated heterocycles. The van der Waals surface area contributed by atoms with Crippen molar-refractivity contribution >= 4 is 5.71 Å². The van der Waals surface area contributed by atoms with Crippen LogP contribution < -0.4 is 5.56 Å². The third kappa shape index (κ3) is 2.70. The van der Waals surface area contributed by atoms with Gasteiger partial charge in [0.05, 0.1) is 5.71 Å². The quantitative estimate of drug-likeness (QED) is 0.858. The highest BCUT2D eigenvalue weighted by Gasteiger charge is 2.11. The molecule has 2 rings (SSSR count). The van der Waals surface area contributed by atoms with Crippen molar-refractivity contribution in [2.75, 3.05) is 0 Å². The van der Waals surface area contributed by atoms with Gasteiger partial charge < -0.3 is 5.11 Å². The molecule has 0 amide bonds. The maximum Gasteiger partial charge on any atom is 0.289 e. The van der Waals surface area contributed by atoms with Crippen molar-refractivity contribution in [3.8, 4) is 11.8 Å². The van der Waals surface area contributed by atoms with E-state index >= 15 is 0 Å². The van der Waals surface area contributed by atoms with Crippen LogP contribution in [0.4, 0.5) is 0 Å². The van der Waals surface area contributed by atoms with Gasteiger partial charge in [-0.05, 0) is 44.5 Å². The van der Waals surface area contributed by atoms with Crippen LogP contribution in [-0.2, 0) is 0 Å². The average molecular weight is 281 g/mol. The summed E-state index contributed by atoms with van der Waals surface area (Å²) in [5.74, 6) is 0.0945. The van der Waals surface area contributed by atoms with Crippen LogP contribution in [0.5, 0.6) is 5.75 Å². The Bertz CT molecular complexity index is 826. The fourth-order valence-electron chi connectivity index (χ4n) is 2.13. The molecule has 5 nitrogen and oxygen atoms in total. The third-order valence-corrected chi connectivity index (χ3v) is 3.22. The lowest BCUT2D eigenvalue weighted by Gasteiger charge is -2.09. The maximum absolute atomic E-state index is 12.3. The molecule has 0 unspecified atom stereocenters. The first-order valence-electron chi connectivity index (χ1n) is 6.43. The van der Waals surface area contributed by atoms with Gasteiger partial charge in [0, 0.05) is 11.3 Å². The van der Waals surface area contributed by atoms with Gasteiger partial charge in [-0.25, -0.2) is 4.68 Å². The zero-order valence-electron chi connectivity index (χ0n) is 12.1. The number of aromatic nitrogens is 1. The van der Waals surface area contributed by atoms with Crippen LogP contribution in [-0.4, -0.2) is 15.5 Å². The molecule has 0 radical (unpaired) electrons. The van der Waals surface area contributed by atoms with Crippen molar-refractivity contribution in [1.82, 2.24) is 4.68 Å². The number of hydrogen-bond acceptors (Lipinski definition) is 4. The standard InChI is InChI=1S/C16H15N3O2/c1-10-8-11(2)19(16(21)14(10)9-17)18-12(3)13-6-4-5-7-15(13)20/h4-8,20H,1-3H3. The molecule has 0 saturated carbocycles. The Morgan fingerprint density at radius 2 is 2.00 bits per heavy atom. The number of pyridine rings is 1. The highest BCUT2D eigenvalue weighted by molar-refractivity contribution is 6.00. The van der Waals surface area contributed by atoms with Gasteiger partial charge >= 0.3 is 0 Å². The van der Waals surface area contributed by atoms with Gasteiger partial charge in [-0.2, -0.15) is 10.4 Å². The van der Waals surface area contributed by atoms with Crippen LogP contribution in [0.25, 0.3) is 0 Å². The molecule has 0 fully saturated rings. The fraction of sp³-hybridized carbons (Fsp3) is 0.188. The molecule has 1 heterocycles. The van der Waals surface area contributed by atoms with E-state index in [2.05, 4.69) is 5.10 Å². The first kappa shape index (κ1) is 14.5. The van der Waals surface area contributed by atoms with Gasteiger partial charge in [-0.3, -0.25) is 4.79 Å². The zero-order valence-corrected chi connectivity index (χ0v) is 12.1. The number of aryl methyl sites for hydroxylation is 2. The van der Waals surface area contributed by atoms with Gasteiger partial charge in [0.15, 0.2) is 0 Å². The number of nitriles is 1. The molecule has 1 N–H and O–H groups in total. The van der Waals surface area contributed by atoms with Crippen LogP contribution in [0.15, 0.2) is 40.2 Å². The van der Waals surface area contributed by atoms with Gasteiger partial charge in [0.25, 0.3) is 5.56 Å². The Balaban J connectivity index is 2.64. The second-order valence-electron chi connectivity index (χ2n) is 4.78. The van der Waals surface area contributed by atoms with E-state index in [0.29, 0.717) is 22.5 Å². The van der Waals surface area contributed by atoms with E-state index in [-0.39, 0.29) is 11.3 Å². The summed E-state index contributed by atoms with van der Waals surface area (Å²) in [7, 11) is 0. The molecule has 21 heavy (non-hydrogen) atoms. The lowest BCUT2D eigenvalue weighted by atomic mass is 10.1. The van der Waals surface area contributed by atoms with Crippen LogP contribution in [0, 0.1) is 25.2 Å². The lowest BCUT2D eigenvalue weighted by molar-refractivity contribution is 0.474. The molecule has 1 aromatic heterocycles. The molecule has 1 aromatic carbocycles. The molecular formula is C16H15N3O2. The summed E-state index contributed by atoms with van der Waals surface area (Å²) < 4.78 is 1.19. The first-order valence-corrected chi connectivity index (χ1v) is 6.43. The Hall–Kier alpha value is -2.87. The molecule has 0 aliphatic carbocycles. The number of rotatable bonds is 2. The number of phenols is 1. The molecule has 0 aliphatic heterocycles. The lowest BCUT2D eigenvalue weighted by Crippen LogP contribution is -2.23. The Labute approximate surface area is 122 Å². The van der Waals surface area contributed by atoms with Crippen LogP contribution in [0.1, 0.15) is 29.3 Å². The number of para-hydroxylation sites is 1. The largest absolute Gasteiger partial charge is 0.507 e. The summed E-state index contributed by atoms with van der Waals surface area (Å²) in [6.07, 6.45) is 0. The second kappa shape index (κ2) is 5.63. The van der Waals surface area contributed by atoms with Gasteiger partial charge in [-0.15, -0.1) is 0 Å². The number of benzene rings is 1. The molecule has 0 bridgehead atoms. The highest BCUT2D eigenvalue weighted by atomic mass is 16.3. The minimum Gasteiger partial charge on any atom is -0.507 e. The zero-order chi connectivity index (χ0) is 15.6. The molecule has 5 heteroatoms. The van der Waals surface area contributed by atoms with E-state index < -0.39 is 5.56 Å². The Kier molecular flexibility index (Phi) is 3.90. The smallest absolute Gasteiger partial charge is 0.289 e. The molecule has 106 valence electrons. The predicted octanol–water partition coefficient (Wildman–Crippen LogP) is 2.31. The summed E-state index contributed by atoms with van der Waals surface area (Å²) in [6, 6.07) is 10.4. The summed E-state index contributed by atoms with van der Waals surface area (Å²) >= 11 is 0. The van der Waals surface area contributed by atoms with E-state index in [1.165, 1.54) is 4.68 Å². The minimum atomic E-state index is -0.454. The monoisotopic (exact) mass is 281 g/mol. The van der Waals surface area contributed by atoms with E-state index in [0.717, 1.165) is 0 Å². The Morgan fingerprint density at radius 3 is 2.62 bits per heavy atom. The summed E-state index contributed by atoms with van der Waals surface area (Å²) in [4.78, 5) is 12.3. The number of hydrogen-bond donors (Lipinski definition) is 1. The number of nitrogens with zero attached hydrogens (tertiary/aromatic N) is 3. The SMILES string of the molecule is CC(=Nn1c(C)cc(C)c(C#N)c1=O)c1ccccc1O. The van der Waals surface area contributed by atoms with Crippen molar-refractivity contribution in [2.45, 2.75) is 20.8 Å². The highest BCUT2D eigenvalue weighted by Crippen LogP contribution is 2.17. The van der Waals surface area contributed by atoms with Crippen molar-refractivity contribution in [1.29, 1.82) is 5.26 Å². The first-order chi connectivity index (χ1) is 9.95. The Morgan fingerprint density at radius 1 is 1.33 bits per heavy atom. The molecular weight excluding hydrogens is 266 g/mol. The molecule has 2 aromatic rings. The normalized spacial score (nSPS) is 11.2. The van der Waals surface area contributed by atoms with Gasteiger partial charge in [-0.1, -0.05) is 12.1 Å². The van der Waals surface area contributed by atoms with Crippen molar-refractivity contribution in [2.24, 2.45) is 5.10 Å². The summed E-state index contributed by atoms with van der Waals surface area (Å²) in [5, 5.41) is 23.1. The van der Waals surface area contributed by atoms with E-state index in [1.807, 2.05) is 6.07 Å². The molecule has 0 atom stereocenters. The summed E-state index contributed by atoms with van der Waals surface area (Å²) in [6.45, 7) is 5.17. The second-order valence-corrected chi connectivity index (χ2v) is 4.78. The van der Waals surface area contributed by atoms with Crippen molar-refractivity contribution < 1.29 is 5.11 Å². The maximum atomic E-state index is 12.3. The van der Waals surface area contributed by atoms with Crippen LogP contribution >= 0.6 is 0 Å². The molecule has 0 aliphatic rings. The summed E-state index contributed by atoms with van der Waals surface area (Å²) in [5.41, 5.74) is 1.92. The predicted molar refractivity (Wildman–Crippen MR) is 80.6 cm³/mol. The molecule has 0 spiro atoms. The van der Waals surface area contributed by atoms with Crippen LogP contribution in [0.3, 0.4) is 0 Å². The third-order valence-electron chi connectivity index (χ3n) is 3.22. The average Bonchev–Trinajstić information content (AvgIpc) is 2.44. The number of aromatic hydroxyl groups is 1. The van der Waals surface area contributed by atoms with E-state index in [4.69, 9.17) is 5.26 Å². The van der Waals surface area contributed by atoms with E-state index in [9.17, 15) is 9.90 Å². The fourth-order valence-corrected chi connectivity index (χ4v) is 2.13. The minimum absolute atomic E-state index is 0.0782. The van der Waals surface area contributed by atoms with Crippen molar-refractivity contribution in [3.05, 3.63) is 63.1 Å². The van der Waals surface area contributed by atoms with Gasteiger partial charge in [0.1, 0.15) is 17.4 Å². The van der Waals surface area contributed by atoms with Crippen molar-refractivity contribution in [3.63, 3.8) is 0 Å². The van der Waals surface area contributed by atoms with Gasteiger partial charge in [0.2, 0.25) is 0 Å². The van der Waals surface area contributed by atoms with E-state index in [1.54, 1.807) is 51.1 Å². The topological polar surface area (TPSA) is 78.4 Å². The van der Waals surface area contributed by atoms with Crippen LogP contribution in [0.2, 0.25) is 0 Å².